The van der Waals surface area contributed by atoms with Crippen LogP contribution in [-0.4, -0.2) is 0 Å². The largest absolute Gasteiger partial charge is 0.381 e. The van der Waals surface area contributed by atoms with Crippen molar-refractivity contribution in [1.29, 1.82) is 0 Å². The standard InChI is InChI=1S/C16H11NO/c1-2-4-13-11(3-1)5-8-15-14(13)7-6-12-9-10-17-18-16(12)15/h1-10,17H. The fourth-order valence-corrected chi connectivity index (χ4v) is 2.54. The lowest BCUT2D eigenvalue weighted by molar-refractivity contribution is 0.242. The summed E-state index contributed by atoms with van der Waals surface area (Å²) < 4.78 is 0. The molecule has 0 fully saturated rings. The first-order valence-electron chi connectivity index (χ1n) is 5.97. The molecule has 0 unspecified atom stereocenters. The van der Waals surface area contributed by atoms with E-state index in [1.807, 2.05) is 6.08 Å². The van der Waals surface area contributed by atoms with Crippen LogP contribution in [0.1, 0.15) is 5.56 Å². The number of hydroxylamine groups is 1. The predicted molar refractivity (Wildman–Crippen MR) is 74.3 cm³/mol. The Labute approximate surface area is 104 Å². The van der Waals surface area contributed by atoms with E-state index in [4.69, 9.17) is 4.84 Å². The van der Waals surface area contributed by atoms with E-state index < -0.39 is 0 Å². The first-order chi connectivity index (χ1) is 8.93. The maximum absolute atomic E-state index is 5.55. The second-order valence-electron chi connectivity index (χ2n) is 4.42. The summed E-state index contributed by atoms with van der Waals surface area (Å²) in [5.74, 6) is 0.903. The van der Waals surface area contributed by atoms with Gasteiger partial charge in [0.2, 0.25) is 0 Å². The summed E-state index contributed by atoms with van der Waals surface area (Å²) in [5, 5.41) is 4.88. The van der Waals surface area contributed by atoms with Gasteiger partial charge in [-0.2, -0.15) is 0 Å². The summed E-state index contributed by atoms with van der Waals surface area (Å²) in [6, 6.07) is 16.9. The lowest BCUT2D eigenvalue weighted by Gasteiger charge is -2.16. The Hall–Kier alpha value is -2.48. The van der Waals surface area contributed by atoms with E-state index in [0.29, 0.717) is 0 Å². The Morgan fingerprint density at radius 2 is 1.67 bits per heavy atom. The van der Waals surface area contributed by atoms with Crippen molar-refractivity contribution in [1.82, 2.24) is 5.48 Å². The van der Waals surface area contributed by atoms with E-state index in [-0.39, 0.29) is 0 Å². The van der Waals surface area contributed by atoms with Gasteiger partial charge in [0.15, 0.2) is 5.75 Å². The summed E-state index contributed by atoms with van der Waals surface area (Å²) in [6.45, 7) is 0. The molecule has 0 spiro atoms. The lowest BCUT2D eigenvalue weighted by atomic mass is 9.99. The van der Waals surface area contributed by atoms with Gasteiger partial charge in [0.05, 0.1) is 0 Å². The fourth-order valence-electron chi connectivity index (χ4n) is 2.54. The van der Waals surface area contributed by atoms with E-state index >= 15 is 0 Å². The van der Waals surface area contributed by atoms with Crippen molar-refractivity contribution in [3.05, 3.63) is 60.3 Å². The molecular weight excluding hydrogens is 222 g/mol. The van der Waals surface area contributed by atoms with Gasteiger partial charge in [-0.05, 0) is 28.3 Å². The Bertz CT molecular complexity index is 790. The molecule has 0 atom stereocenters. The summed E-state index contributed by atoms with van der Waals surface area (Å²) in [5.41, 5.74) is 3.91. The summed E-state index contributed by atoms with van der Waals surface area (Å²) in [4.78, 5) is 5.55. The molecule has 0 aliphatic carbocycles. The number of rotatable bonds is 0. The van der Waals surface area contributed by atoms with Crippen LogP contribution in [0.15, 0.2) is 54.7 Å². The smallest absolute Gasteiger partial charge is 0.170 e. The van der Waals surface area contributed by atoms with Crippen LogP contribution in [0.4, 0.5) is 0 Å². The molecule has 0 amide bonds. The molecular formula is C16H11NO. The van der Waals surface area contributed by atoms with Crippen LogP contribution in [0.2, 0.25) is 0 Å². The minimum absolute atomic E-state index is 0.903. The number of hydrogen-bond donors (Lipinski definition) is 1. The minimum atomic E-state index is 0.903. The molecule has 86 valence electrons. The third-order valence-corrected chi connectivity index (χ3v) is 3.40. The molecule has 18 heavy (non-hydrogen) atoms. The van der Waals surface area contributed by atoms with Crippen molar-refractivity contribution in [2.45, 2.75) is 0 Å². The number of hydrogen-bond acceptors (Lipinski definition) is 2. The van der Waals surface area contributed by atoms with Gasteiger partial charge in [0.1, 0.15) is 0 Å². The Balaban J connectivity index is 2.19. The van der Waals surface area contributed by atoms with Crippen LogP contribution in [0.5, 0.6) is 5.75 Å². The first-order valence-corrected chi connectivity index (χ1v) is 5.97. The summed E-state index contributed by atoms with van der Waals surface area (Å²) in [7, 11) is 0. The molecule has 1 aliphatic heterocycles. The normalized spacial score (nSPS) is 13.1. The fraction of sp³-hybridized carbons (Fsp3) is 0. The molecule has 1 aliphatic rings. The SMILES string of the molecule is C1=Cc2ccc3c(ccc4ccccc43)c2ON1. The Morgan fingerprint density at radius 1 is 0.778 bits per heavy atom. The average molecular weight is 233 g/mol. The monoisotopic (exact) mass is 233 g/mol. The van der Waals surface area contributed by atoms with Crippen LogP contribution in [0.25, 0.3) is 27.6 Å². The van der Waals surface area contributed by atoms with Gasteiger partial charge in [0.25, 0.3) is 0 Å². The van der Waals surface area contributed by atoms with Crippen LogP contribution in [0, 0.1) is 0 Å². The van der Waals surface area contributed by atoms with E-state index in [1.54, 1.807) is 6.20 Å². The molecule has 0 saturated carbocycles. The van der Waals surface area contributed by atoms with Crippen LogP contribution < -0.4 is 10.3 Å². The molecule has 3 aromatic carbocycles. The van der Waals surface area contributed by atoms with Crippen molar-refractivity contribution in [3.63, 3.8) is 0 Å². The molecule has 1 heterocycles. The van der Waals surface area contributed by atoms with Gasteiger partial charge in [0, 0.05) is 17.1 Å². The zero-order chi connectivity index (χ0) is 11.9. The molecule has 0 bridgehead atoms. The van der Waals surface area contributed by atoms with Crippen LogP contribution >= 0.6 is 0 Å². The van der Waals surface area contributed by atoms with Gasteiger partial charge >= 0.3 is 0 Å². The molecule has 2 nitrogen and oxygen atoms in total. The lowest BCUT2D eigenvalue weighted by Crippen LogP contribution is -2.14. The Morgan fingerprint density at radius 3 is 2.67 bits per heavy atom. The third-order valence-electron chi connectivity index (χ3n) is 3.40. The summed E-state index contributed by atoms with van der Waals surface area (Å²) in [6.07, 6.45) is 3.82. The second-order valence-corrected chi connectivity index (χ2v) is 4.42. The summed E-state index contributed by atoms with van der Waals surface area (Å²) >= 11 is 0. The maximum atomic E-state index is 5.55. The van der Waals surface area contributed by atoms with E-state index in [0.717, 1.165) is 16.7 Å². The molecule has 0 radical (unpaired) electrons. The highest BCUT2D eigenvalue weighted by atomic mass is 16.6. The minimum Gasteiger partial charge on any atom is -0.381 e. The molecule has 1 N–H and O–H groups in total. The average Bonchev–Trinajstić information content (AvgIpc) is 2.46. The van der Waals surface area contributed by atoms with Gasteiger partial charge in [-0.3, -0.25) is 0 Å². The highest BCUT2D eigenvalue weighted by Gasteiger charge is 2.11. The topological polar surface area (TPSA) is 21.3 Å². The quantitative estimate of drug-likeness (QED) is 0.595. The van der Waals surface area contributed by atoms with Gasteiger partial charge in [-0.15, -0.1) is 0 Å². The van der Waals surface area contributed by atoms with Gasteiger partial charge in [-0.25, -0.2) is 5.48 Å². The van der Waals surface area contributed by atoms with Gasteiger partial charge < -0.3 is 4.84 Å². The van der Waals surface area contributed by atoms with Crippen molar-refractivity contribution in [2.24, 2.45) is 0 Å². The van der Waals surface area contributed by atoms with E-state index in [2.05, 4.69) is 54.0 Å². The number of fused-ring (bicyclic) bond motifs is 5. The number of benzene rings is 3. The van der Waals surface area contributed by atoms with Gasteiger partial charge in [-0.1, -0.05) is 42.5 Å². The first kappa shape index (κ1) is 9.54. The molecule has 0 saturated heterocycles. The molecule has 4 rings (SSSR count). The third kappa shape index (κ3) is 1.23. The van der Waals surface area contributed by atoms with Crippen molar-refractivity contribution in [2.75, 3.05) is 0 Å². The molecule has 2 heteroatoms. The van der Waals surface area contributed by atoms with Crippen molar-refractivity contribution in [3.8, 4) is 5.75 Å². The second kappa shape index (κ2) is 3.50. The van der Waals surface area contributed by atoms with Crippen molar-refractivity contribution >= 4 is 27.6 Å². The highest BCUT2D eigenvalue weighted by molar-refractivity contribution is 6.10. The number of nitrogens with one attached hydrogen (secondary N) is 1. The van der Waals surface area contributed by atoms with E-state index in [1.165, 1.54) is 16.2 Å². The van der Waals surface area contributed by atoms with Crippen LogP contribution in [-0.2, 0) is 0 Å². The van der Waals surface area contributed by atoms with E-state index in [9.17, 15) is 0 Å². The molecule has 0 aromatic heterocycles. The zero-order valence-electron chi connectivity index (χ0n) is 9.68. The Kier molecular flexibility index (Phi) is 1.86. The zero-order valence-corrected chi connectivity index (χ0v) is 9.68. The highest BCUT2D eigenvalue weighted by Crippen LogP contribution is 2.35. The van der Waals surface area contributed by atoms with Crippen molar-refractivity contribution < 1.29 is 4.84 Å². The predicted octanol–water partition coefficient (Wildman–Crippen LogP) is 3.86. The molecule has 3 aromatic rings. The maximum Gasteiger partial charge on any atom is 0.170 e. The van der Waals surface area contributed by atoms with Crippen LogP contribution in [0.3, 0.4) is 0 Å².